The fourth-order valence-corrected chi connectivity index (χ4v) is 1.87. The third-order valence-corrected chi connectivity index (χ3v) is 2.77. The number of hydrogen-bond acceptors (Lipinski definition) is 7. The zero-order valence-corrected chi connectivity index (χ0v) is 11.8. The molecule has 3 N–H and O–H groups in total. The number of hydrogen-bond donors (Lipinski definition) is 2. The summed E-state index contributed by atoms with van der Waals surface area (Å²) in [6, 6.07) is 6.29. The maximum Gasteiger partial charge on any atom is 0.232 e. The van der Waals surface area contributed by atoms with Crippen molar-refractivity contribution < 1.29 is 4.39 Å². The number of rotatable bonds is 3. The van der Waals surface area contributed by atoms with Gasteiger partial charge in [0.05, 0.1) is 18.1 Å². The molecule has 0 saturated carbocycles. The van der Waals surface area contributed by atoms with Gasteiger partial charge in [0.25, 0.3) is 0 Å². The van der Waals surface area contributed by atoms with Crippen molar-refractivity contribution in [2.75, 3.05) is 11.1 Å². The van der Waals surface area contributed by atoms with Crippen LogP contribution in [-0.2, 0) is 0 Å². The molecule has 0 fully saturated rings. The van der Waals surface area contributed by atoms with Crippen LogP contribution in [0.15, 0.2) is 36.7 Å². The van der Waals surface area contributed by atoms with Crippen LogP contribution in [0.4, 0.5) is 22.0 Å². The number of nitrogens with zero attached hydrogens (tertiary/aromatic N) is 5. The van der Waals surface area contributed by atoms with E-state index in [0.717, 1.165) is 6.20 Å². The molecule has 0 unspecified atom stereocenters. The lowest BCUT2D eigenvalue weighted by molar-refractivity contribution is 0.622. The van der Waals surface area contributed by atoms with Gasteiger partial charge in [0, 0.05) is 6.07 Å². The van der Waals surface area contributed by atoms with Crippen molar-refractivity contribution in [3.05, 3.63) is 47.6 Å². The molecule has 0 saturated heterocycles. The highest BCUT2D eigenvalue weighted by Crippen LogP contribution is 2.19. The summed E-state index contributed by atoms with van der Waals surface area (Å²) in [4.78, 5) is 20.0. The van der Waals surface area contributed by atoms with Crippen LogP contribution in [0.2, 0.25) is 5.15 Å². The van der Waals surface area contributed by atoms with Gasteiger partial charge >= 0.3 is 0 Å². The first kappa shape index (κ1) is 14.1. The van der Waals surface area contributed by atoms with Crippen molar-refractivity contribution in [2.24, 2.45) is 0 Å². The Balaban J connectivity index is 1.96. The van der Waals surface area contributed by atoms with Crippen molar-refractivity contribution in [1.29, 1.82) is 0 Å². The van der Waals surface area contributed by atoms with Gasteiger partial charge in [0.15, 0.2) is 5.82 Å². The van der Waals surface area contributed by atoms with Crippen LogP contribution in [-0.4, -0.2) is 24.9 Å². The minimum absolute atomic E-state index is 0.00126. The van der Waals surface area contributed by atoms with Crippen LogP contribution in [0.1, 0.15) is 0 Å². The molecule has 0 bridgehead atoms. The van der Waals surface area contributed by atoms with Crippen LogP contribution in [0.25, 0.3) is 11.5 Å². The van der Waals surface area contributed by atoms with E-state index in [0.29, 0.717) is 16.5 Å². The average molecular weight is 318 g/mol. The Kier molecular flexibility index (Phi) is 3.75. The Morgan fingerprint density at radius 2 is 1.95 bits per heavy atom. The summed E-state index contributed by atoms with van der Waals surface area (Å²) < 4.78 is 13.1. The van der Waals surface area contributed by atoms with Gasteiger partial charge in [0.2, 0.25) is 11.9 Å². The Labute approximate surface area is 129 Å². The maximum absolute atomic E-state index is 13.1. The summed E-state index contributed by atoms with van der Waals surface area (Å²) in [5.41, 5.74) is 6.50. The molecule has 0 aliphatic rings. The standard InChI is InChI=1S/C13H9ClFN7/c14-10-3-1-2-9(19-10)11-20-12(16)22-13(21-11)18-8-4-7(15)5-17-6-8/h1-6H,(H3,16,18,20,21,22). The molecule has 7 nitrogen and oxygen atoms in total. The average Bonchev–Trinajstić information content (AvgIpc) is 2.46. The van der Waals surface area contributed by atoms with E-state index >= 15 is 0 Å². The largest absolute Gasteiger partial charge is 0.368 e. The number of nitrogens with two attached hydrogens (primary N) is 1. The molecule has 3 aromatic rings. The molecule has 0 aliphatic carbocycles. The molecule has 0 atom stereocenters. The van der Waals surface area contributed by atoms with Crippen molar-refractivity contribution in [3.8, 4) is 11.5 Å². The van der Waals surface area contributed by atoms with Gasteiger partial charge in [-0.05, 0) is 12.1 Å². The Morgan fingerprint density at radius 3 is 2.73 bits per heavy atom. The second-order valence-electron chi connectivity index (χ2n) is 4.20. The second-order valence-corrected chi connectivity index (χ2v) is 4.59. The van der Waals surface area contributed by atoms with Gasteiger partial charge in [-0.15, -0.1) is 0 Å². The van der Waals surface area contributed by atoms with Crippen LogP contribution >= 0.6 is 11.6 Å². The van der Waals surface area contributed by atoms with Crippen LogP contribution in [0.5, 0.6) is 0 Å². The summed E-state index contributed by atoms with van der Waals surface area (Å²) in [6.45, 7) is 0. The minimum atomic E-state index is -0.483. The first-order chi connectivity index (χ1) is 10.6. The smallest absolute Gasteiger partial charge is 0.232 e. The van der Waals surface area contributed by atoms with E-state index in [1.54, 1.807) is 18.2 Å². The molecule has 110 valence electrons. The van der Waals surface area contributed by atoms with E-state index < -0.39 is 5.82 Å². The number of aromatic nitrogens is 5. The van der Waals surface area contributed by atoms with E-state index in [2.05, 4.69) is 30.2 Å². The van der Waals surface area contributed by atoms with E-state index in [1.165, 1.54) is 12.3 Å². The molecular formula is C13H9ClFN7. The van der Waals surface area contributed by atoms with Gasteiger partial charge in [-0.1, -0.05) is 17.7 Å². The zero-order valence-electron chi connectivity index (χ0n) is 11.0. The summed E-state index contributed by atoms with van der Waals surface area (Å²) in [5.74, 6) is -0.0825. The van der Waals surface area contributed by atoms with Crippen molar-refractivity contribution in [3.63, 3.8) is 0 Å². The van der Waals surface area contributed by atoms with Crippen LogP contribution in [0.3, 0.4) is 0 Å². The van der Waals surface area contributed by atoms with Gasteiger partial charge < -0.3 is 11.1 Å². The Hall–Kier alpha value is -2.87. The quantitative estimate of drug-likeness (QED) is 0.715. The van der Waals surface area contributed by atoms with Gasteiger partial charge in [-0.2, -0.15) is 15.0 Å². The molecule has 0 aromatic carbocycles. The SMILES string of the molecule is Nc1nc(Nc2cncc(F)c2)nc(-c2cccc(Cl)n2)n1. The number of pyridine rings is 2. The molecule has 0 amide bonds. The van der Waals surface area contributed by atoms with Gasteiger partial charge in [-0.3, -0.25) is 4.98 Å². The molecule has 9 heteroatoms. The Morgan fingerprint density at radius 1 is 1.09 bits per heavy atom. The molecule has 0 aliphatic heterocycles. The normalized spacial score (nSPS) is 10.5. The molecule has 3 heterocycles. The predicted octanol–water partition coefficient (Wildman–Crippen LogP) is 2.45. The second kappa shape index (κ2) is 5.86. The Bertz CT molecular complexity index is 827. The lowest BCUT2D eigenvalue weighted by Crippen LogP contribution is -2.05. The van der Waals surface area contributed by atoms with Crippen molar-refractivity contribution >= 4 is 29.2 Å². The first-order valence-corrected chi connectivity index (χ1v) is 6.50. The van der Waals surface area contributed by atoms with E-state index in [4.69, 9.17) is 17.3 Å². The van der Waals surface area contributed by atoms with Crippen molar-refractivity contribution in [2.45, 2.75) is 0 Å². The van der Waals surface area contributed by atoms with E-state index in [9.17, 15) is 4.39 Å². The zero-order chi connectivity index (χ0) is 15.5. The van der Waals surface area contributed by atoms with Gasteiger partial charge in [-0.25, -0.2) is 9.37 Å². The molecule has 0 radical (unpaired) electrons. The fourth-order valence-electron chi connectivity index (χ4n) is 1.70. The summed E-state index contributed by atoms with van der Waals surface area (Å²) in [5, 5.41) is 3.11. The molecular weight excluding hydrogens is 309 g/mol. The van der Waals surface area contributed by atoms with E-state index in [1.807, 2.05) is 0 Å². The number of nitrogen functional groups attached to an aromatic ring is 1. The van der Waals surface area contributed by atoms with Crippen molar-refractivity contribution in [1.82, 2.24) is 24.9 Å². The maximum atomic E-state index is 13.1. The number of nitrogens with one attached hydrogen (secondary N) is 1. The summed E-state index contributed by atoms with van der Waals surface area (Å²) in [7, 11) is 0. The lowest BCUT2D eigenvalue weighted by Gasteiger charge is -2.07. The minimum Gasteiger partial charge on any atom is -0.368 e. The molecule has 0 spiro atoms. The molecule has 3 rings (SSSR count). The molecule has 3 aromatic heterocycles. The predicted molar refractivity (Wildman–Crippen MR) is 80.0 cm³/mol. The van der Waals surface area contributed by atoms with Gasteiger partial charge in [0.1, 0.15) is 16.7 Å². The highest BCUT2D eigenvalue weighted by atomic mass is 35.5. The lowest BCUT2D eigenvalue weighted by atomic mass is 10.3. The topological polar surface area (TPSA) is 102 Å². The first-order valence-electron chi connectivity index (χ1n) is 6.12. The highest BCUT2D eigenvalue weighted by molar-refractivity contribution is 6.29. The number of halogens is 2. The highest BCUT2D eigenvalue weighted by Gasteiger charge is 2.09. The fraction of sp³-hybridized carbons (Fsp3) is 0. The summed E-state index contributed by atoms with van der Waals surface area (Å²) in [6.07, 6.45) is 2.52. The third kappa shape index (κ3) is 3.23. The number of anilines is 3. The monoisotopic (exact) mass is 317 g/mol. The molecule has 22 heavy (non-hydrogen) atoms. The third-order valence-electron chi connectivity index (χ3n) is 2.56. The summed E-state index contributed by atoms with van der Waals surface area (Å²) >= 11 is 5.84. The van der Waals surface area contributed by atoms with E-state index in [-0.39, 0.29) is 17.7 Å². The van der Waals surface area contributed by atoms with Crippen LogP contribution < -0.4 is 11.1 Å². The van der Waals surface area contributed by atoms with Crippen LogP contribution in [0, 0.1) is 5.82 Å².